The second-order valence-electron chi connectivity index (χ2n) is 1.01. The Morgan fingerprint density at radius 2 is 2.00 bits per heavy atom. The summed E-state index contributed by atoms with van der Waals surface area (Å²) < 4.78 is 0. The fourth-order valence-corrected chi connectivity index (χ4v) is 0.274. The number of nitrogens with zero attached hydrogens (tertiary/aromatic N) is 3. The van der Waals surface area contributed by atoms with Gasteiger partial charge in [-0.1, -0.05) is 0 Å². The molecule has 5 nitrogen and oxygen atoms in total. The van der Waals surface area contributed by atoms with Gasteiger partial charge in [0.15, 0.2) is 5.11 Å². The van der Waals surface area contributed by atoms with Crippen molar-refractivity contribution in [3.05, 3.63) is 0 Å². The summed E-state index contributed by atoms with van der Waals surface area (Å²) in [6.45, 7) is 0. The molecule has 0 amide bonds. The molecule has 3 N–H and O–H groups in total. The van der Waals surface area contributed by atoms with Crippen LogP contribution in [-0.4, -0.2) is 10.1 Å². The van der Waals surface area contributed by atoms with Gasteiger partial charge in [-0.25, -0.2) is 0 Å². The van der Waals surface area contributed by atoms with Crippen molar-refractivity contribution in [1.82, 2.24) is 10.4 Å². The summed E-state index contributed by atoms with van der Waals surface area (Å²) in [6, 6.07) is 0. The van der Waals surface area contributed by atoms with Gasteiger partial charge in [0.25, 0.3) is 0 Å². The van der Waals surface area contributed by atoms with E-state index in [2.05, 4.69) is 17.6 Å². The molecule has 0 heterocycles. The maximum absolute atomic E-state index is 8.05. The zero-order valence-corrected chi connectivity index (χ0v) is 5.14. The van der Waals surface area contributed by atoms with Crippen LogP contribution in [0.3, 0.4) is 0 Å². The van der Waals surface area contributed by atoms with Gasteiger partial charge in [0.1, 0.15) is 0 Å². The van der Waals surface area contributed by atoms with Crippen molar-refractivity contribution in [2.24, 2.45) is 5.73 Å². The van der Waals surface area contributed by atoms with Crippen LogP contribution in [0.25, 0.3) is 0 Å². The lowest BCUT2D eigenvalue weighted by Crippen LogP contribution is -2.38. The second kappa shape index (κ2) is 3.47. The minimum absolute atomic E-state index is 0.113. The van der Waals surface area contributed by atoms with Gasteiger partial charge >= 0.3 is 0 Å². The van der Waals surface area contributed by atoms with Crippen molar-refractivity contribution < 1.29 is 0 Å². The fraction of sp³-hybridized carbons (Fsp3) is 0. The summed E-state index contributed by atoms with van der Waals surface area (Å²) in [5.41, 5.74) is 7.02. The molecule has 0 radical (unpaired) electrons. The first-order valence-corrected chi connectivity index (χ1v) is 2.27. The third-order valence-electron chi connectivity index (χ3n) is 0.422. The minimum atomic E-state index is -0.113. The monoisotopic (exact) mass is 141 g/mol. The van der Waals surface area contributed by atoms with Crippen molar-refractivity contribution >= 4 is 17.3 Å². The molecule has 0 atom stereocenters. The summed E-state index contributed by atoms with van der Waals surface area (Å²) in [5.74, 6) is 0. The molecule has 0 fully saturated rings. The SMILES string of the molecule is N#CN(C#N)NC(N)=S. The molecule has 0 aliphatic carbocycles. The predicted molar refractivity (Wildman–Crippen MR) is 33.0 cm³/mol. The Labute approximate surface area is 57.2 Å². The van der Waals surface area contributed by atoms with E-state index in [1.165, 1.54) is 12.4 Å². The number of nitrogens with one attached hydrogen (secondary N) is 1. The zero-order chi connectivity index (χ0) is 7.28. The standard InChI is InChI=1S/C3H3N5S/c4-1-8(2-5)7-3(6)9/h(H3,6,7,9). The molecule has 0 aliphatic heterocycles. The normalized spacial score (nSPS) is 6.44. The van der Waals surface area contributed by atoms with Crippen LogP contribution < -0.4 is 11.2 Å². The minimum Gasteiger partial charge on any atom is -0.375 e. The van der Waals surface area contributed by atoms with Gasteiger partial charge in [0, 0.05) is 0 Å². The molecule has 0 spiro atoms. The van der Waals surface area contributed by atoms with Crippen LogP contribution in [-0.2, 0) is 0 Å². The van der Waals surface area contributed by atoms with E-state index in [1.54, 1.807) is 0 Å². The molecule has 0 rings (SSSR count). The van der Waals surface area contributed by atoms with Crippen LogP contribution in [0, 0.1) is 22.9 Å². The first-order chi connectivity index (χ1) is 4.20. The lowest BCUT2D eigenvalue weighted by molar-refractivity contribution is 0.495. The number of nitrogens with two attached hydrogens (primary N) is 1. The van der Waals surface area contributed by atoms with Crippen LogP contribution in [0.5, 0.6) is 0 Å². The van der Waals surface area contributed by atoms with Crippen LogP contribution >= 0.6 is 12.2 Å². The largest absolute Gasteiger partial charge is 0.375 e. The molecule has 0 aromatic carbocycles. The number of hydrogen-bond donors (Lipinski definition) is 2. The Bertz CT molecular complexity index is 171. The quantitative estimate of drug-likeness (QED) is 0.211. The second-order valence-corrected chi connectivity index (χ2v) is 1.45. The number of hydrazine groups is 1. The summed E-state index contributed by atoms with van der Waals surface area (Å²) >= 11 is 4.33. The van der Waals surface area contributed by atoms with Crippen molar-refractivity contribution in [3.8, 4) is 12.4 Å². The average Bonchev–Trinajstić information content (AvgIpc) is 1.82. The molecule has 0 aromatic rings. The Morgan fingerprint density at radius 3 is 2.11 bits per heavy atom. The third-order valence-corrected chi connectivity index (χ3v) is 0.513. The predicted octanol–water partition coefficient (Wildman–Crippen LogP) is -1.00. The van der Waals surface area contributed by atoms with E-state index in [9.17, 15) is 0 Å². The summed E-state index contributed by atoms with van der Waals surface area (Å²) in [4.78, 5) is 0. The molecular formula is C3H3N5S. The lowest BCUT2D eigenvalue weighted by Gasteiger charge is -2.03. The van der Waals surface area contributed by atoms with Crippen LogP contribution in [0.15, 0.2) is 0 Å². The third kappa shape index (κ3) is 3.09. The maximum atomic E-state index is 8.05. The highest BCUT2D eigenvalue weighted by Gasteiger charge is 1.95. The first kappa shape index (κ1) is 7.47. The highest BCUT2D eigenvalue weighted by Crippen LogP contribution is 1.69. The molecule has 9 heavy (non-hydrogen) atoms. The molecule has 0 aromatic heterocycles. The Kier molecular flexibility index (Phi) is 2.88. The average molecular weight is 141 g/mol. The topological polar surface area (TPSA) is 88.9 Å². The summed E-state index contributed by atoms with van der Waals surface area (Å²) in [7, 11) is 0. The molecule has 0 saturated carbocycles. The number of rotatable bonds is 1. The van der Waals surface area contributed by atoms with Crippen LogP contribution in [0.2, 0.25) is 0 Å². The van der Waals surface area contributed by atoms with Gasteiger partial charge in [-0.05, 0) is 12.2 Å². The van der Waals surface area contributed by atoms with Gasteiger partial charge in [0.2, 0.25) is 12.4 Å². The zero-order valence-electron chi connectivity index (χ0n) is 4.33. The van der Waals surface area contributed by atoms with Crippen LogP contribution in [0.4, 0.5) is 0 Å². The van der Waals surface area contributed by atoms with Gasteiger partial charge in [-0.15, -0.1) is 5.01 Å². The smallest absolute Gasteiger partial charge is 0.215 e. The van der Waals surface area contributed by atoms with Gasteiger partial charge in [-0.2, -0.15) is 10.5 Å². The molecule has 0 saturated heterocycles. The summed E-state index contributed by atoms with van der Waals surface area (Å²) in [5, 5.41) is 16.5. The van der Waals surface area contributed by atoms with Crippen molar-refractivity contribution in [2.45, 2.75) is 0 Å². The van der Waals surface area contributed by atoms with Gasteiger partial charge in [-0.3, -0.25) is 5.43 Å². The van der Waals surface area contributed by atoms with Gasteiger partial charge < -0.3 is 5.73 Å². The van der Waals surface area contributed by atoms with E-state index in [-0.39, 0.29) is 5.11 Å². The molecule has 0 unspecified atom stereocenters. The van der Waals surface area contributed by atoms with E-state index in [4.69, 9.17) is 16.3 Å². The van der Waals surface area contributed by atoms with E-state index >= 15 is 0 Å². The summed E-state index contributed by atoms with van der Waals surface area (Å²) in [6.07, 6.45) is 2.95. The van der Waals surface area contributed by atoms with Crippen molar-refractivity contribution in [1.29, 1.82) is 10.5 Å². The van der Waals surface area contributed by atoms with Crippen molar-refractivity contribution in [2.75, 3.05) is 0 Å². The van der Waals surface area contributed by atoms with Crippen molar-refractivity contribution in [3.63, 3.8) is 0 Å². The molecule has 0 bridgehead atoms. The number of nitriles is 2. The first-order valence-electron chi connectivity index (χ1n) is 1.86. The molecule has 0 aliphatic rings. The van der Waals surface area contributed by atoms with Crippen LogP contribution in [0.1, 0.15) is 0 Å². The number of hydrogen-bond acceptors (Lipinski definition) is 4. The Balaban J connectivity index is 3.78. The van der Waals surface area contributed by atoms with E-state index < -0.39 is 0 Å². The van der Waals surface area contributed by atoms with E-state index in [0.29, 0.717) is 5.01 Å². The fourth-order valence-electron chi connectivity index (χ4n) is 0.183. The van der Waals surface area contributed by atoms with E-state index in [1.807, 2.05) is 0 Å². The lowest BCUT2D eigenvalue weighted by atomic mass is 11.0. The molecule has 6 heteroatoms. The Morgan fingerprint density at radius 1 is 1.56 bits per heavy atom. The highest BCUT2D eigenvalue weighted by atomic mass is 32.1. The maximum Gasteiger partial charge on any atom is 0.215 e. The highest BCUT2D eigenvalue weighted by molar-refractivity contribution is 7.80. The molecule has 46 valence electrons. The molecular weight excluding hydrogens is 138 g/mol. The Hall–Kier alpha value is -1.53. The van der Waals surface area contributed by atoms with Gasteiger partial charge in [0.05, 0.1) is 0 Å². The number of thiocarbonyl (C=S) groups is 1. The van der Waals surface area contributed by atoms with E-state index in [0.717, 1.165) is 0 Å².